The van der Waals surface area contributed by atoms with Crippen LogP contribution in [0.25, 0.3) is 0 Å². The fourth-order valence-corrected chi connectivity index (χ4v) is 1.86. The van der Waals surface area contributed by atoms with Crippen LogP contribution >= 0.6 is 27.2 Å². The van der Waals surface area contributed by atoms with Crippen LogP contribution in [0.1, 0.15) is 0 Å². The highest BCUT2D eigenvalue weighted by Gasteiger charge is 2.25. The molecule has 0 saturated carbocycles. The molecule has 0 spiro atoms. The van der Waals surface area contributed by atoms with Crippen LogP contribution in [0.4, 0.5) is 4.39 Å². The van der Waals surface area contributed by atoms with Crippen molar-refractivity contribution in [2.75, 3.05) is 0 Å². The summed E-state index contributed by atoms with van der Waals surface area (Å²) in [6.07, 6.45) is 0. The van der Waals surface area contributed by atoms with E-state index in [-0.39, 0.29) is 0 Å². The Labute approximate surface area is 104 Å². The Morgan fingerprint density at radius 1 is 1.00 bits per heavy atom. The van der Waals surface area contributed by atoms with Gasteiger partial charge in [0.15, 0.2) is 11.5 Å². The number of halogens is 2. The Hall–Kier alpha value is -0.660. The second-order valence-corrected chi connectivity index (χ2v) is 5.61. The monoisotopic (exact) mass is 322 g/mol. The summed E-state index contributed by atoms with van der Waals surface area (Å²) in [7, 11) is -10.1. The van der Waals surface area contributed by atoms with Crippen molar-refractivity contribution in [3.63, 3.8) is 0 Å². The van der Waals surface area contributed by atoms with Crippen molar-refractivity contribution in [3.05, 3.63) is 23.0 Å². The van der Waals surface area contributed by atoms with Crippen molar-refractivity contribution in [2.45, 2.75) is 0 Å². The molecule has 1 aromatic rings. The molecule has 1 aromatic carbocycles. The zero-order valence-electron chi connectivity index (χ0n) is 8.23. The summed E-state index contributed by atoms with van der Waals surface area (Å²) in [6.45, 7) is 0. The molecule has 0 radical (unpaired) electrons. The summed E-state index contributed by atoms with van der Waals surface area (Å²) in [5, 5.41) is -0.573. The van der Waals surface area contributed by atoms with E-state index in [0.717, 1.165) is 0 Å². The van der Waals surface area contributed by atoms with E-state index < -0.39 is 38.0 Å². The predicted molar refractivity (Wildman–Crippen MR) is 56.8 cm³/mol. The van der Waals surface area contributed by atoms with Crippen LogP contribution in [0.3, 0.4) is 0 Å². The van der Waals surface area contributed by atoms with Crippen LogP contribution in [-0.4, -0.2) is 19.6 Å². The van der Waals surface area contributed by atoms with Crippen molar-refractivity contribution in [1.29, 1.82) is 0 Å². The van der Waals surface area contributed by atoms with E-state index in [9.17, 15) is 13.5 Å². The predicted octanol–water partition coefficient (Wildman–Crippen LogP) is 1.42. The Bertz CT molecular complexity index is 502. The molecule has 4 N–H and O–H groups in total. The third kappa shape index (κ3) is 4.91. The van der Waals surface area contributed by atoms with Gasteiger partial charge in [0, 0.05) is 12.1 Å². The third-order valence-electron chi connectivity index (χ3n) is 1.42. The van der Waals surface area contributed by atoms with Crippen LogP contribution in [0.2, 0.25) is 5.02 Å². The summed E-state index contributed by atoms with van der Waals surface area (Å²) >= 11 is 5.33. The first kappa shape index (κ1) is 15.4. The molecule has 0 heterocycles. The summed E-state index contributed by atoms with van der Waals surface area (Å²) < 4.78 is 42.3. The lowest BCUT2D eigenvalue weighted by molar-refractivity contribution is 0.263. The Morgan fingerprint density at radius 2 is 1.39 bits per heavy atom. The lowest BCUT2D eigenvalue weighted by Gasteiger charge is -2.13. The molecule has 0 aliphatic rings. The fraction of sp³-hybridized carbons (Fsp3) is 0. The molecule has 12 heteroatoms. The highest BCUT2D eigenvalue weighted by Crippen LogP contribution is 2.48. The molecule has 0 bridgehead atoms. The topological polar surface area (TPSA) is 134 Å². The summed E-state index contributed by atoms with van der Waals surface area (Å²) in [4.78, 5) is 34.2. The smallest absolute Gasteiger partial charge is 0.400 e. The van der Waals surface area contributed by atoms with Gasteiger partial charge in [-0.05, 0) is 0 Å². The van der Waals surface area contributed by atoms with Crippen LogP contribution in [0.15, 0.2) is 12.1 Å². The Kier molecular flexibility index (Phi) is 4.40. The van der Waals surface area contributed by atoms with Gasteiger partial charge in [0.1, 0.15) is 5.82 Å². The van der Waals surface area contributed by atoms with Gasteiger partial charge in [-0.25, -0.2) is 13.5 Å². The van der Waals surface area contributed by atoms with Gasteiger partial charge in [-0.2, -0.15) is 0 Å². The quantitative estimate of drug-likeness (QED) is 0.612. The van der Waals surface area contributed by atoms with Crippen molar-refractivity contribution in [1.82, 2.24) is 0 Å². The van der Waals surface area contributed by atoms with E-state index in [1.165, 1.54) is 0 Å². The number of phosphoric ester groups is 2. The van der Waals surface area contributed by atoms with Crippen LogP contribution < -0.4 is 9.05 Å². The van der Waals surface area contributed by atoms with Crippen molar-refractivity contribution in [3.8, 4) is 11.5 Å². The minimum absolute atomic E-state index is 0.423. The van der Waals surface area contributed by atoms with E-state index in [0.29, 0.717) is 12.1 Å². The molecule has 0 saturated heterocycles. The molecule has 0 fully saturated rings. The van der Waals surface area contributed by atoms with Crippen molar-refractivity contribution < 1.29 is 42.1 Å². The van der Waals surface area contributed by atoms with Gasteiger partial charge in [0.05, 0.1) is 5.02 Å². The van der Waals surface area contributed by atoms with Gasteiger partial charge in [-0.15, -0.1) is 0 Å². The molecule has 0 aliphatic heterocycles. The molecule has 0 amide bonds. The first-order valence-electron chi connectivity index (χ1n) is 3.97. The molecule has 102 valence electrons. The average molecular weight is 323 g/mol. The lowest BCUT2D eigenvalue weighted by Crippen LogP contribution is -1.97. The second-order valence-electron chi connectivity index (χ2n) is 2.88. The van der Waals surface area contributed by atoms with Gasteiger partial charge in [0.25, 0.3) is 0 Å². The molecule has 0 unspecified atom stereocenters. The van der Waals surface area contributed by atoms with Gasteiger partial charge >= 0.3 is 15.6 Å². The zero-order valence-corrected chi connectivity index (χ0v) is 10.8. The maximum atomic E-state index is 13.1. The van der Waals surface area contributed by atoms with Gasteiger partial charge in [0.2, 0.25) is 0 Å². The molecule has 0 aliphatic carbocycles. The lowest BCUT2D eigenvalue weighted by atomic mass is 10.3. The SMILES string of the molecule is O=P(O)(O)Oc1cc(F)c(Cl)cc1OP(=O)(O)O. The Morgan fingerprint density at radius 3 is 1.78 bits per heavy atom. The average Bonchev–Trinajstić information content (AvgIpc) is 2.08. The molecular weight excluding hydrogens is 316 g/mol. The van der Waals surface area contributed by atoms with E-state index in [1.807, 2.05) is 0 Å². The Balaban J connectivity index is 3.25. The van der Waals surface area contributed by atoms with Gasteiger partial charge < -0.3 is 9.05 Å². The van der Waals surface area contributed by atoms with Crippen molar-refractivity contribution >= 4 is 27.2 Å². The summed E-state index contributed by atoms with van der Waals surface area (Å²) in [5.41, 5.74) is 0. The van der Waals surface area contributed by atoms with Crippen molar-refractivity contribution in [2.24, 2.45) is 0 Å². The molecule has 18 heavy (non-hydrogen) atoms. The zero-order chi connectivity index (χ0) is 14.1. The van der Waals surface area contributed by atoms with Crippen LogP contribution in [-0.2, 0) is 9.13 Å². The molecule has 0 aromatic heterocycles. The number of rotatable bonds is 4. The number of benzene rings is 1. The van der Waals surface area contributed by atoms with E-state index in [4.69, 9.17) is 31.2 Å². The molecule has 1 rings (SSSR count). The maximum Gasteiger partial charge on any atom is 0.524 e. The summed E-state index contributed by atoms with van der Waals surface area (Å²) in [5.74, 6) is -2.82. The highest BCUT2D eigenvalue weighted by atomic mass is 35.5. The maximum absolute atomic E-state index is 13.1. The van der Waals surface area contributed by atoms with E-state index >= 15 is 0 Å². The normalized spacial score (nSPS) is 12.3. The first-order valence-corrected chi connectivity index (χ1v) is 7.41. The van der Waals surface area contributed by atoms with E-state index in [2.05, 4.69) is 9.05 Å². The van der Waals surface area contributed by atoms with Gasteiger partial charge in [-0.1, -0.05) is 11.6 Å². The minimum Gasteiger partial charge on any atom is -0.400 e. The van der Waals surface area contributed by atoms with Crippen LogP contribution in [0, 0.1) is 5.82 Å². The standard InChI is InChI=1S/C6H6ClFO8P2/c7-3-1-5(15-17(9,10)11)6(2-4(3)8)16-18(12,13)14/h1-2H,(H2,9,10,11)(H2,12,13,14). The fourth-order valence-electron chi connectivity index (χ4n) is 0.909. The second kappa shape index (κ2) is 5.14. The minimum atomic E-state index is -5.06. The number of hydrogen-bond acceptors (Lipinski definition) is 4. The van der Waals surface area contributed by atoms with E-state index in [1.54, 1.807) is 0 Å². The first-order chi connectivity index (χ1) is 7.98. The van der Waals surface area contributed by atoms with Crippen LogP contribution in [0.5, 0.6) is 11.5 Å². The van der Waals surface area contributed by atoms with Gasteiger partial charge in [-0.3, -0.25) is 19.6 Å². The largest absolute Gasteiger partial charge is 0.524 e. The summed E-state index contributed by atoms with van der Waals surface area (Å²) in [6, 6.07) is 1.04. The molecule has 0 atom stereocenters. The highest BCUT2D eigenvalue weighted by molar-refractivity contribution is 7.47. The number of hydrogen-bond donors (Lipinski definition) is 4. The number of phosphoric acid groups is 2. The molecule has 8 nitrogen and oxygen atoms in total. The third-order valence-corrected chi connectivity index (χ3v) is 2.58. The molecular formula is C6H6ClFO8P2.